The minimum atomic E-state index is -0.123. The molecule has 0 aliphatic carbocycles. The largest absolute Gasteiger partial charge is 0.495 e. The van der Waals surface area contributed by atoms with Crippen LogP contribution in [-0.4, -0.2) is 84.3 Å². The van der Waals surface area contributed by atoms with E-state index in [1.807, 2.05) is 28.9 Å². The number of hydrogen-bond acceptors (Lipinski definition) is 9. The predicted octanol–water partition coefficient (Wildman–Crippen LogP) is 3.64. The number of nitrogens with one attached hydrogen (secondary N) is 1. The van der Waals surface area contributed by atoms with Gasteiger partial charge in [-0.15, -0.1) is 0 Å². The first-order valence-electron chi connectivity index (χ1n) is 14.6. The molecule has 11 nitrogen and oxygen atoms in total. The van der Waals surface area contributed by atoms with E-state index in [4.69, 9.17) is 14.5 Å². The second-order valence-electron chi connectivity index (χ2n) is 11.0. The molecular weight excluding hydrogens is 532 g/mol. The quantitative estimate of drug-likeness (QED) is 0.371. The molecule has 3 aliphatic heterocycles. The molecule has 2 aromatic carbocycles. The van der Waals surface area contributed by atoms with Crippen LogP contribution >= 0.6 is 0 Å². The van der Waals surface area contributed by atoms with Crippen LogP contribution in [0.25, 0.3) is 16.7 Å². The van der Waals surface area contributed by atoms with Gasteiger partial charge in [0.15, 0.2) is 5.65 Å². The van der Waals surface area contributed by atoms with Crippen LogP contribution in [-0.2, 0) is 6.54 Å². The number of fused-ring (bicyclic) bond motifs is 5. The van der Waals surface area contributed by atoms with Gasteiger partial charge in [0.25, 0.3) is 5.56 Å². The Kier molecular flexibility index (Phi) is 6.94. The molecule has 0 radical (unpaired) electrons. The molecule has 218 valence electrons. The van der Waals surface area contributed by atoms with Gasteiger partial charge in [0.05, 0.1) is 37.3 Å². The Hall–Kier alpha value is -4.51. The molecule has 1 saturated heterocycles. The molecule has 0 amide bonds. The summed E-state index contributed by atoms with van der Waals surface area (Å²) in [6.45, 7) is 6.85. The summed E-state index contributed by atoms with van der Waals surface area (Å²) >= 11 is 0. The fraction of sp³-hybridized carbons (Fsp3) is 0.387. The highest BCUT2D eigenvalue weighted by atomic mass is 16.5. The summed E-state index contributed by atoms with van der Waals surface area (Å²) in [4.78, 5) is 30.0. The van der Waals surface area contributed by atoms with Crippen LogP contribution in [0, 0.1) is 0 Å². The van der Waals surface area contributed by atoms with Crippen molar-refractivity contribution in [3.8, 4) is 17.2 Å². The lowest BCUT2D eigenvalue weighted by Crippen LogP contribution is -2.44. The lowest BCUT2D eigenvalue weighted by Gasteiger charge is -2.34. The second-order valence-corrected chi connectivity index (χ2v) is 11.0. The van der Waals surface area contributed by atoms with Crippen LogP contribution < -0.4 is 30.1 Å². The average molecular weight is 569 g/mol. The normalized spacial score (nSPS) is 17.3. The number of aromatic nitrogens is 4. The van der Waals surface area contributed by atoms with Crippen molar-refractivity contribution < 1.29 is 9.47 Å². The van der Waals surface area contributed by atoms with Crippen molar-refractivity contribution in [3.63, 3.8) is 0 Å². The monoisotopic (exact) mass is 568 g/mol. The maximum atomic E-state index is 13.6. The van der Waals surface area contributed by atoms with E-state index in [1.54, 1.807) is 18.0 Å². The summed E-state index contributed by atoms with van der Waals surface area (Å²) in [6, 6.07) is 12.2. The highest BCUT2D eigenvalue weighted by molar-refractivity contribution is 5.78. The minimum absolute atomic E-state index is 0.123. The molecule has 0 spiro atoms. The van der Waals surface area contributed by atoms with E-state index in [-0.39, 0.29) is 5.56 Å². The molecular formula is C31H36N8O3. The molecule has 42 heavy (non-hydrogen) atoms. The zero-order chi connectivity index (χ0) is 28.6. The number of ether oxygens (including phenoxy) is 2. The third kappa shape index (κ3) is 4.83. The summed E-state index contributed by atoms with van der Waals surface area (Å²) in [5, 5.41) is 3.81. The van der Waals surface area contributed by atoms with Crippen LogP contribution in [0.4, 0.5) is 23.0 Å². The summed E-state index contributed by atoms with van der Waals surface area (Å²) < 4.78 is 15.4. The van der Waals surface area contributed by atoms with Crippen LogP contribution in [0.2, 0.25) is 0 Å². The standard InChI is InChI=1S/C31H36N8O3/c1-35-13-15-37(16-14-35)25-9-7-22(19-28(25)41-2)33-31-32-21-24-29(34-31)39-23-8-10-27-26(20-23)36(17-18-42-27)11-5-3-4-6-12-38(39)30(24)40/h4,6-10,19-21H,3,5,11-18H2,1-2H3,(H,32,33,34). The zero-order valence-electron chi connectivity index (χ0n) is 24.1. The summed E-state index contributed by atoms with van der Waals surface area (Å²) in [7, 11) is 3.84. The Morgan fingerprint density at radius 1 is 0.952 bits per heavy atom. The van der Waals surface area contributed by atoms with E-state index in [1.165, 1.54) is 0 Å². The lowest BCUT2D eigenvalue weighted by atomic mass is 10.2. The Balaban J connectivity index is 1.27. The molecule has 0 saturated carbocycles. The van der Waals surface area contributed by atoms with Gasteiger partial charge in [-0.25, -0.2) is 14.3 Å². The number of rotatable bonds is 4. The Bertz CT molecular complexity index is 1700. The number of anilines is 4. The molecule has 2 aromatic heterocycles. The number of piperazine rings is 1. The van der Waals surface area contributed by atoms with Gasteiger partial charge in [-0.1, -0.05) is 12.2 Å². The molecule has 0 unspecified atom stereocenters. The van der Waals surface area contributed by atoms with Gasteiger partial charge in [0.1, 0.15) is 23.5 Å². The predicted molar refractivity (Wildman–Crippen MR) is 165 cm³/mol. The third-order valence-corrected chi connectivity index (χ3v) is 8.35. The molecule has 2 bridgehead atoms. The summed E-state index contributed by atoms with van der Waals surface area (Å²) in [5.41, 5.74) is 4.21. The van der Waals surface area contributed by atoms with Gasteiger partial charge < -0.3 is 29.5 Å². The average Bonchev–Trinajstić information content (AvgIpc) is 3.28. The lowest BCUT2D eigenvalue weighted by molar-refractivity contribution is 0.307. The van der Waals surface area contributed by atoms with Crippen molar-refractivity contribution in [1.29, 1.82) is 0 Å². The van der Waals surface area contributed by atoms with E-state index in [9.17, 15) is 4.79 Å². The van der Waals surface area contributed by atoms with Crippen molar-refractivity contribution >= 4 is 34.0 Å². The topological polar surface area (TPSA) is 92.9 Å². The van der Waals surface area contributed by atoms with Crippen molar-refractivity contribution in [3.05, 3.63) is 65.1 Å². The first-order chi connectivity index (χ1) is 20.6. The smallest absolute Gasteiger partial charge is 0.278 e. The van der Waals surface area contributed by atoms with Crippen molar-refractivity contribution in [1.82, 2.24) is 24.2 Å². The number of allylic oxidation sites excluding steroid dienone is 2. The highest BCUT2D eigenvalue weighted by Crippen LogP contribution is 2.35. The van der Waals surface area contributed by atoms with E-state index in [2.05, 4.69) is 56.3 Å². The first kappa shape index (κ1) is 26.4. The van der Waals surface area contributed by atoms with Gasteiger partial charge in [-0.2, -0.15) is 4.98 Å². The fourth-order valence-electron chi connectivity index (χ4n) is 6.03. The Morgan fingerprint density at radius 3 is 2.67 bits per heavy atom. The first-order valence-corrected chi connectivity index (χ1v) is 14.6. The molecule has 1 fully saturated rings. The van der Waals surface area contributed by atoms with E-state index < -0.39 is 0 Å². The molecule has 4 aromatic rings. The molecule has 3 aliphatic rings. The SMILES string of the molecule is COc1cc(Nc2ncc3c(=O)n4n(c3n2)-c2ccc3c(c2)N(CCCC=CC4)CCO3)ccc1N1CCN(C)CC1. The molecule has 1 N–H and O–H groups in total. The van der Waals surface area contributed by atoms with Gasteiger partial charge in [0.2, 0.25) is 5.95 Å². The fourth-order valence-corrected chi connectivity index (χ4v) is 6.03. The van der Waals surface area contributed by atoms with E-state index in [0.29, 0.717) is 30.1 Å². The summed E-state index contributed by atoms with van der Waals surface area (Å²) in [5.74, 6) is 2.07. The molecule has 0 atom stereocenters. The van der Waals surface area contributed by atoms with Crippen LogP contribution in [0.5, 0.6) is 11.5 Å². The van der Waals surface area contributed by atoms with E-state index in [0.717, 1.165) is 86.4 Å². The van der Waals surface area contributed by atoms with E-state index >= 15 is 0 Å². The van der Waals surface area contributed by atoms with Crippen LogP contribution in [0.3, 0.4) is 0 Å². The maximum Gasteiger partial charge on any atom is 0.278 e. The van der Waals surface area contributed by atoms with Gasteiger partial charge in [-0.3, -0.25) is 4.79 Å². The third-order valence-electron chi connectivity index (χ3n) is 8.35. The van der Waals surface area contributed by atoms with Gasteiger partial charge in [0, 0.05) is 50.7 Å². The van der Waals surface area contributed by atoms with Gasteiger partial charge in [-0.05, 0) is 50.2 Å². The summed E-state index contributed by atoms with van der Waals surface area (Å²) in [6.07, 6.45) is 7.83. The molecule has 5 heterocycles. The number of hydrogen-bond donors (Lipinski definition) is 1. The van der Waals surface area contributed by atoms with Crippen molar-refractivity contribution in [2.45, 2.75) is 19.4 Å². The van der Waals surface area contributed by atoms with Crippen LogP contribution in [0.15, 0.2) is 59.5 Å². The maximum absolute atomic E-state index is 13.6. The van der Waals surface area contributed by atoms with Crippen molar-refractivity contribution in [2.75, 3.05) is 75.1 Å². The van der Waals surface area contributed by atoms with Crippen molar-refractivity contribution in [2.24, 2.45) is 0 Å². The number of benzene rings is 2. The van der Waals surface area contributed by atoms with Crippen LogP contribution in [0.1, 0.15) is 12.8 Å². The molecule has 11 heteroatoms. The minimum Gasteiger partial charge on any atom is -0.495 e. The second kappa shape index (κ2) is 11.1. The van der Waals surface area contributed by atoms with Gasteiger partial charge >= 0.3 is 0 Å². The zero-order valence-corrected chi connectivity index (χ0v) is 24.1. The number of nitrogens with zero attached hydrogens (tertiary/aromatic N) is 7. The number of methoxy groups -OCH3 is 1. The Labute approximate surface area is 244 Å². The molecule has 7 rings (SSSR count). The number of likely N-dealkylation sites (N-methyl/N-ethyl adjacent to an activating group) is 1. The highest BCUT2D eigenvalue weighted by Gasteiger charge is 2.23. The Morgan fingerprint density at radius 2 is 1.81 bits per heavy atom.